The molecule has 0 amide bonds. The SMILES string of the molecule is COc1ccc(C=C2COc3ccccc3C2=O)cc1OCC(C)C. The first-order chi connectivity index (χ1) is 12.1. The van der Waals surface area contributed by atoms with Crippen LogP contribution in [0.3, 0.4) is 0 Å². The second kappa shape index (κ2) is 7.43. The summed E-state index contributed by atoms with van der Waals surface area (Å²) in [5.41, 5.74) is 2.11. The lowest BCUT2D eigenvalue weighted by Crippen LogP contribution is -2.18. The zero-order chi connectivity index (χ0) is 17.8. The standard InChI is InChI=1S/C21H22O4/c1-14(2)12-24-20-11-15(8-9-19(20)23-3)10-16-13-25-18-7-5-4-6-17(18)21(16)22/h4-11,14H,12-13H2,1-3H3. The van der Waals surface area contributed by atoms with Crippen molar-refractivity contribution in [3.05, 3.63) is 59.2 Å². The summed E-state index contributed by atoms with van der Waals surface area (Å²) in [7, 11) is 1.62. The topological polar surface area (TPSA) is 44.8 Å². The van der Waals surface area contributed by atoms with Crippen LogP contribution in [0.5, 0.6) is 17.2 Å². The molecule has 0 spiro atoms. The first-order valence-corrected chi connectivity index (χ1v) is 8.36. The Kier molecular flexibility index (Phi) is 5.08. The van der Waals surface area contributed by atoms with Gasteiger partial charge in [0.2, 0.25) is 0 Å². The molecular formula is C21H22O4. The van der Waals surface area contributed by atoms with Crippen molar-refractivity contribution < 1.29 is 19.0 Å². The highest BCUT2D eigenvalue weighted by atomic mass is 16.5. The Labute approximate surface area is 148 Å². The Hall–Kier alpha value is -2.75. The van der Waals surface area contributed by atoms with E-state index in [4.69, 9.17) is 14.2 Å². The first kappa shape index (κ1) is 17.1. The Bertz CT molecular complexity index is 805. The smallest absolute Gasteiger partial charge is 0.196 e. The van der Waals surface area contributed by atoms with Crippen molar-refractivity contribution in [3.8, 4) is 17.2 Å². The molecule has 4 nitrogen and oxygen atoms in total. The first-order valence-electron chi connectivity index (χ1n) is 8.36. The Morgan fingerprint density at radius 2 is 1.96 bits per heavy atom. The molecule has 3 rings (SSSR count). The molecule has 0 aliphatic carbocycles. The molecule has 1 aliphatic heterocycles. The van der Waals surface area contributed by atoms with Gasteiger partial charge in [0.05, 0.1) is 19.3 Å². The summed E-state index contributed by atoms with van der Waals surface area (Å²) in [4.78, 5) is 12.6. The average Bonchev–Trinajstić information content (AvgIpc) is 2.62. The van der Waals surface area contributed by atoms with Crippen LogP contribution in [0, 0.1) is 5.92 Å². The van der Waals surface area contributed by atoms with Crippen LogP contribution in [-0.4, -0.2) is 26.1 Å². The molecule has 1 aliphatic rings. The molecule has 0 saturated carbocycles. The number of ether oxygens (including phenoxy) is 3. The van der Waals surface area contributed by atoms with Gasteiger partial charge in [-0.05, 0) is 41.8 Å². The van der Waals surface area contributed by atoms with Crippen LogP contribution < -0.4 is 14.2 Å². The summed E-state index contributed by atoms with van der Waals surface area (Å²) in [6.45, 7) is 5.05. The molecule has 0 N–H and O–H groups in total. The fourth-order valence-electron chi connectivity index (χ4n) is 2.63. The minimum Gasteiger partial charge on any atom is -0.493 e. The van der Waals surface area contributed by atoms with E-state index in [0.29, 0.717) is 40.9 Å². The van der Waals surface area contributed by atoms with Crippen molar-refractivity contribution in [3.63, 3.8) is 0 Å². The van der Waals surface area contributed by atoms with Gasteiger partial charge in [0.15, 0.2) is 17.3 Å². The fraction of sp³-hybridized carbons (Fsp3) is 0.286. The maximum absolute atomic E-state index is 12.6. The molecule has 4 heteroatoms. The molecule has 0 atom stereocenters. The van der Waals surface area contributed by atoms with Crippen LogP contribution in [0.2, 0.25) is 0 Å². The molecule has 0 bridgehead atoms. The molecule has 0 aromatic heterocycles. The maximum Gasteiger partial charge on any atom is 0.196 e. The van der Waals surface area contributed by atoms with Crippen LogP contribution in [-0.2, 0) is 0 Å². The van der Waals surface area contributed by atoms with Crippen LogP contribution >= 0.6 is 0 Å². The van der Waals surface area contributed by atoms with E-state index in [0.717, 1.165) is 5.56 Å². The van der Waals surface area contributed by atoms with Crippen molar-refractivity contribution in [2.45, 2.75) is 13.8 Å². The van der Waals surface area contributed by atoms with Gasteiger partial charge in [-0.25, -0.2) is 0 Å². The summed E-state index contributed by atoms with van der Waals surface area (Å²) < 4.78 is 16.9. The van der Waals surface area contributed by atoms with E-state index in [-0.39, 0.29) is 12.4 Å². The lowest BCUT2D eigenvalue weighted by molar-refractivity contribution is 0.100. The van der Waals surface area contributed by atoms with Crippen LogP contribution in [0.4, 0.5) is 0 Å². The summed E-state index contributed by atoms with van der Waals surface area (Å²) in [6, 6.07) is 13.0. The number of Topliss-reactive ketones (excluding diaryl/α,β-unsaturated/α-hetero) is 1. The summed E-state index contributed by atoms with van der Waals surface area (Å²) in [6.07, 6.45) is 1.85. The van der Waals surface area contributed by atoms with E-state index >= 15 is 0 Å². The second-order valence-electron chi connectivity index (χ2n) is 6.40. The number of methoxy groups -OCH3 is 1. The Morgan fingerprint density at radius 1 is 1.16 bits per heavy atom. The van der Waals surface area contributed by atoms with E-state index in [2.05, 4.69) is 13.8 Å². The van der Waals surface area contributed by atoms with Gasteiger partial charge in [-0.2, -0.15) is 0 Å². The molecular weight excluding hydrogens is 316 g/mol. The molecule has 1 heterocycles. The average molecular weight is 338 g/mol. The third-order valence-electron chi connectivity index (χ3n) is 3.91. The molecule has 130 valence electrons. The zero-order valence-electron chi connectivity index (χ0n) is 14.7. The number of hydrogen-bond donors (Lipinski definition) is 0. The van der Waals surface area contributed by atoms with Gasteiger partial charge >= 0.3 is 0 Å². The fourth-order valence-corrected chi connectivity index (χ4v) is 2.63. The van der Waals surface area contributed by atoms with Crippen LogP contribution in [0.1, 0.15) is 29.8 Å². The van der Waals surface area contributed by atoms with Crippen molar-refractivity contribution in [2.75, 3.05) is 20.3 Å². The molecule has 25 heavy (non-hydrogen) atoms. The van der Waals surface area contributed by atoms with Gasteiger partial charge in [-0.1, -0.05) is 32.0 Å². The van der Waals surface area contributed by atoms with Crippen LogP contribution in [0.25, 0.3) is 6.08 Å². The molecule has 0 fully saturated rings. The summed E-state index contributed by atoms with van der Waals surface area (Å²) in [5, 5.41) is 0. The Balaban J connectivity index is 1.88. The number of benzene rings is 2. The van der Waals surface area contributed by atoms with Gasteiger partial charge in [0.1, 0.15) is 12.4 Å². The third-order valence-corrected chi connectivity index (χ3v) is 3.91. The van der Waals surface area contributed by atoms with Crippen LogP contribution in [0.15, 0.2) is 48.0 Å². The van der Waals surface area contributed by atoms with Crippen molar-refractivity contribution in [1.82, 2.24) is 0 Å². The maximum atomic E-state index is 12.6. The van der Waals surface area contributed by atoms with E-state index in [9.17, 15) is 4.79 Å². The van der Waals surface area contributed by atoms with Gasteiger partial charge in [0, 0.05) is 5.57 Å². The van der Waals surface area contributed by atoms with Gasteiger partial charge in [0.25, 0.3) is 0 Å². The van der Waals surface area contributed by atoms with E-state index in [1.165, 1.54) is 0 Å². The number of rotatable bonds is 5. The largest absolute Gasteiger partial charge is 0.493 e. The number of carbonyl (C=O) groups excluding carboxylic acids is 1. The van der Waals surface area contributed by atoms with Gasteiger partial charge < -0.3 is 14.2 Å². The molecule has 0 saturated heterocycles. The van der Waals surface area contributed by atoms with Crippen molar-refractivity contribution >= 4 is 11.9 Å². The minimum absolute atomic E-state index is 0.00215. The monoisotopic (exact) mass is 338 g/mol. The summed E-state index contributed by atoms with van der Waals surface area (Å²) in [5.74, 6) is 2.41. The molecule has 2 aromatic rings. The van der Waals surface area contributed by atoms with E-state index < -0.39 is 0 Å². The highest BCUT2D eigenvalue weighted by molar-refractivity contribution is 6.14. The number of fused-ring (bicyclic) bond motifs is 1. The predicted molar refractivity (Wildman–Crippen MR) is 97.6 cm³/mol. The number of para-hydroxylation sites is 1. The second-order valence-corrected chi connectivity index (χ2v) is 6.40. The molecule has 0 radical (unpaired) electrons. The Morgan fingerprint density at radius 3 is 2.72 bits per heavy atom. The minimum atomic E-state index is 0.00215. The lowest BCUT2D eigenvalue weighted by Gasteiger charge is -2.18. The summed E-state index contributed by atoms with van der Waals surface area (Å²) >= 11 is 0. The lowest BCUT2D eigenvalue weighted by atomic mass is 9.98. The molecule has 0 unspecified atom stereocenters. The highest BCUT2D eigenvalue weighted by Crippen LogP contribution is 2.31. The number of carbonyl (C=O) groups is 1. The van der Waals surface area contributed by atoms with E-state index in [1.807, 2.05) is 42.5 Å². The van der Waals surface area contributed by atoms with E-state index in [1.54, 1.807) is 13.2 Å². The third kappa shape index (κ3) is 3.85. The van der Waals surface area contributed by atoms with Gasteiger partial charge in [-0.15, -0.1) is 0 Å². The normalized spacial score (nSPS) is 15.0. The molecule has 2 aromatic carbocycles. The predicted octanol–water partition coefficient (Wildman–Crippen LogP) is 4.39. The highest BCUT2D eigenvalue weighted by Gasteiger charge is 2.22. The zero-order valence-corrected chi connectivity index (χ0v) is 14.7. The van der Waals surface area contributed by atoms with Crippen molar-refractivity contribution in [1.29, 1.82) is 0 Å². The number of hydrogen-bond acceptors (Lipinski definition) is 4. The number of ketones is 1. The van der Waals surface area contributed by atoms with Crippen molar-refractivity contribution in [2.24, 2.45) is 5.92 Å². The quantitative estimate of drug-likeness (QED) is 0.759. The van der Waals surface area contributed by atoms with Gasteiger partial charge in [-0.3, -0.25) is 4.79 Å².